The highest BCUT2D eigenvalue weighted by molar-refractivity contribution is 6.03. The summed E-state index contributed by atoms with van der Waals surface area (Å²) in [6.07, 6.45) is 7.94. The Bertz CT molecular complexity index is 1110. The summed E-state index contributed by atoms with van der Waals surface area (Å²) in [5.74, 6) is 1.04. The van der Waals surface area contributed by atoms with E-state index in [1.165, 1.54) is 18.5 Å². The van der Waals surface area contributed by atoms with Gasteiger partial charge in [0.05, 0.1) is 16.8 Å². The molecule has 152 valence electrons. The number of ether oxygens (including phenoxy) is 1. The van der Waals surface area contributed by atoms with E-state index in [9.17, 15) is 4.79 Å². The number of hydrogen-bond acceptors (Lipinski definition) is 4. The Hall–Kier alpha value is -3.08. The topological polar surface area (TPSA) is 45.7 Å². The molecule has 1 aromatic heterocycles. The molecule has 2 heterocycles. The molecule has 2 aliphatic carbocycles. The van der Waals surface area contributed by atoms with Crippen LogP contribution in [0.15, 0.2) is 60.9 Å². The van der Waals surface area contributed by atoms with Gasteiger partial charge in [0.1, 0.15) is 12.4 Å². The standard InChI is InChI=1S/C25H25N3O2/c29-24(28-15-14-27(19-8-9-19)21-5-1-2-6-22(21)28)25(11-12-25)17-30-23-7-3-4-18-16-26-13-10-20(18)23/h1-7,10,13,16,19H,8-9,11-12,14-15,17H2. The number of para-hydroxylation sites is 2. The fraction of sp³-hybridized carbons (Fsp3) is 0.360. The van der Waals surface area contributed by atoms with Crippen molar-refractivity contribution in [1.82, 2.24) is 4.98 Å². The van der Waals surface area contributed by atoms with Crippen molar-refractivity contribution in [3.05, 3.63) is 60.9 Å². The molecule has 0 radical (unpaired) electrons. The third-order valence-electron chi connectivity index (χ3n) is 6.73. The molecule has 5 heteroatoms. The number of amides is 1. The van der Waals surface area contributed by atoms with Crippen LogP contribution in [0, 0.1) is 5.41 Å². The Morgan fingerprint density at radius 1 is 1.03 bits per heavy atom. The maximum atomic E-state index is 13.6. The number of carbonyl (C=O) groups excluding carboxylic acids is 1. The Morgan fingerprint density at radius 3 is 2.67 bits per heavy atom. The van der Waals surface area contributed by atoms with E-state index >= 15 is 0 Å². The molecule has 1 amide bonds. The number of pyridine rings is 1. The number of aromatic nitrogens is 1. The normalized spacial score (nSPS) is 19.5. The zero-order chi connectivity index (χ0) is 20.1. The number of hydrogen-bond donors (Lipinski definition) is 0. The van der Waals surface area contributed by atoms with Crippen LogP contribution in [0.2, 0.25) is 0 Å². The van der Waals surface area contributed by atoms with E-state index in [0.717, 1.165) is 48.1 Å². The first-order valence-corrected chi connectivity index (χ1v) is 10.9. The third-order valence-corrected chi connectivity index (χ3v) is 6.73. The highest BCUT2D eigenvalue weighted by Crippen LogP contribution is 2.50. The van der Waals surface area contributed by atoms with Crippen LogP contribution in [0.4, 0.5) is 11.4 Å². The van der Waals surface area contributed by atoms with E-state index in [1.54, 1.807) is 6.20 Å². The SMILES string of the molecule is O=C(N1CCN(C2CC2)c2ccccc21)C1(COc2cccc3cnccc23)CC1. The maximum absolute atomic E-state index is 13.6. The maximum Gasteiger partial charge on any atom is 0.236 e. The number of rotatable bonds is 5. The fourth-order valence-corrected chi connectivity index (χ4v) is 4.65. The lowest BCUT2D eigenvalue weighted by Crippen LogP contribution is -2.48. The van der Waals surface area contributed by atoms with Crippen molar-refractivity contribution in [2.45, 2.75) is 31.7 Å². The van der Waals surface area contributed by atoms with Crippen LogP contribution >= 0.6 is 0 Å². The molecule has 0 atom stereocenters. The predicted octanol–water partition coefficient (Wildman–Crippen LogP) is 4.41. The van der Waals surface area contributed by atoms with Crippen molar-refractivity contribution in [2.24, 2.45) is 5.41 Å². The van der Waals surface area contributed by atoms with Crippen LogP contribution in [0.25, 0.3) is 10.8 Å². The minimum Gasteiger partial charge on any atom is -0.492 e. The molecule has 1 aliphatic heterocycles. The lowest BCUT2D eigenvalue weighted by atomic mass is 10.0. The number of carbonyl (C=O) groups is 1. The van der Waals surface area contributed by atoms with Gasteiger partial charge in [-0.2, -0.15) is 0 Å². The molecule has 2 fully saturated rings. The Labute approximate surface area is 176 Å². The van der Waals surface area contributed by atoms with Crippen LogP contribution in [-0.2, 0) is 4.79 Å². The largest absolute Gasteiger partial charge is 0.492 e. The number of fused-ring (bicyclic) bond motifs is 2. The first-order valence-electron chi connectivity index (χ1n) is 10.9. The highest BCUT2D eigenvalue weighted by atomic mass is 16.5. The van der Waals surface area contributed by atoms with Crippen molar-refractivity contribution >= 4 is 28.1 Å². The summed E-state index contributed by atoms with van der Waals surface area (Å²) in [5, 5.41) is 2.09. The lowest BCUT2D eigenvalue weighted by Gasteiger charge is -2.39. The zero-order valence-electron chi connectivity index (χ0n) is 17.0. The van der Waals surface area contributed by atoms with Crippen molar-refractivity contribution in [2.75, 3.05) is 29.5 Å². The molecule has 0 unspecified atom stereocenters. The predicted molar refractivity (Wildman–Crippen MR) is 118 cm³/mol. The van der Waals surface area contributed by atoms with Gasteiger partial charge in [0, 0.05) is 42.3 Å². The zero-order valence-corrected chi connectivity index (χ0v) is 17.0. The molecule has 3 aliphatic rings. The van der Waals surface area contributed by atoms with Gasteiger partial charge < -0.3 is 14.5 Å². The van der Waals surface area contributed by atoms with Crippen molar-refractivity contribution in [3.8, 4) is 5.75 Å². The minimum atomic E-state index is -0.399. The van der Waals surface area contributed by atoms with Gasteiger partial charge in [-0.1, -0.05) is 24.3 Å². The molecule has 2 saturated carbocycles. The molecule has 6 rings (SSSR count). The average molecular weight is 399 g/mol. The molecular weight excluding hydrogens is 374 g/mol. The van der Waals surface area contributed by atoms with Crippen LogP contribution < -0.4 is 14.5 Å². The van der Waals surface area contributed by atoms with Gasteiger partial charge in [-0.15, -0.1) is 0 Å². The number of nitrogens with zero attached hydrogens (tertiary/aromatic N) is 3. The summed E-state index contributed by atoms with van der Waals surface area (Å²) in [5.41, 5.74) is 1.87. The van der Waals surface area contributed by atoms with Gasteiger partial charge in [-0.25, -0.2) is 0 Å². The van der Waals surface area contributed by atoms with Gasteiger partial charge in [0.15, 0.2) is 0 Å². The molecular formula is C25H25N3O2. The Morgan fingerprint density at radius 2 is 1.87 bits per heavy atom. The van der Waals surface area contributed by atoms with Gasteiger partial charge >= 0.3 is 0 Å². The molecule has 30 heavy (non-hydrogen) atoms. The summed E-state index contributed by atoms with van der Waals surface area (Å²) in [4.78, 5) is 22.3. The van der Waals surface area contributed by atoms with Gasteiger partial charge in [0.2, 0.25) is 5.91 Å². The molecule has 0 saturated heterocycles. The number of anilines is 2. The molecule has 3 aromatic rings. The second-order valence-corrected chi connectivity index (χ2v) is 8.79. The molecule has 0 N–H and O–H groups in total. The van der Waals surface area contributed by atoms with Crippen molar-refractivity contribution in [1.29, 1.82) is 0 Å². The average Bonchev–Trinajstić information content (AvgIpc) is 3.72. The van der Waals surface area contributed by atoms with Gasteiger partial charge in [-0.05, 0) is 49.9 Å². The third kappa shape index (κ3) is 2.92. The van der Waals surface area contributed by atoms with E-state index in [1.807, 2.05) is 41.4 Å². The van der Waals surface area contributed by atoms with Gasteiger partial charge in [-0.3, -0.25) is 9.78 Å². The summed E-state index contributed by atoms with van der Waals surface area (Å²) < 4.78 is 6.23. The van der Waals surface area contributed by atoms with Crippen LogP contribution in [-0.4, -0.2) is 36.6 Å². The molecule has 2 aromatic carbocycles. The first kappa shape index (κ1) is 17.8. The molecule has 0 spiro atoms. The van der Waals surface area contributed by atoms with Gasteiger partial charge in [0.25, 0.3) is 0 Å². The first-order chi connectivity index (χ1) is 14.8. The Balaban J connectivity index is 1.24. The second-order valence-electron chi connectivity index (χ2n) is 8.79. The highest BCUT2D eigenvalue weighted by Gasteiger charge is 2.53. The van der Waals surface area contributed by atoms with Crippen molar-refractivity contribution < 1.29 is 9.53 Å². The lowest BCUT2D eigenvalue weighted by molar-refractivity contribution is -0.124. The quantitative estimate of drug-likeness (QED) is 0.638. The minimum absolute atomic E-state index is 0.215. The monoisotopic (exact) mass is 399 g/mol. The van der Waals surface area contributed by atoms with Crippen LogP contribution in [0.3, 0.4) is 0 Å². The summed E-state index contributed by atoms with van der Waals surface area (Å²) >= 11 is 0. The van der Waals surface area contributed by atoms with E-state index in [0.29, 0.717) is 12.6 Å². The fourth-order valence-electron chi connectivity index (χ4n) is 4.65. The van der Waals surface area contributed by atoms with E-state index in [4.69, 9.17) is 4.74 Å². The smallest absolute Gasteiger partial charge is 0.236 e. The number of benzene rings is 2. The van der Waals surface area contributed by atoms with E-state index in [-0.39, 0.29) is 5.91 Å². The van der Waals surface area contributed by atoms with Crippen LogP contribution in [0.1, 0.15) is 25.7 Å². The summed E-state index contributed by atoms with van der Waals surface area (Å²) in [6, 6.07) is 17.0. The van der Waals surface area contributed by atoms with E-state index in [2.05, 4.69) is 28.1 Å². The second kappa shape index (κ2) is 6.73. The Kier molecular flexibility index (Phi) is 3.98. The molecule has 0 bridgehead atoms. The van der Waals surface area contributed by atoms with Crippen molar-refractivity contribution in [3.63, 3.8) is 0 Å². The van der Waals surface area contributed by atoms with Crippen LogP contribution in [0.5, 0.6) is 5.75 Å². The molecule has 5 nitrogen and oxygen atoms in total. The summed E-state index contributed by atoms with van der Waals surface area (Å²) in [7, 11) is 0. The summed E-state index contributed by atoms with van der Waals surface area (Å²) in [6.45, 7) is 2.10. The van der Waals surface area contributed by atoms with E-state index < -0.39 is 5.41 Å².